The molecule has 0 saturated carbocycles. The third-order valence-electron chi connectivity index (χ3n) is 8.35. The van der Waals surface area contributed by atoms with Gasteiger partial charge in [-0.2, -0.15) is 0 Å². The van der Waals surface area contributed by atoms with E-state index >= 15 is 0 Å². The van der Waals surface area contributed by atoms with Crippen molar-refractivity contribution >= 4 is 39.9 Å². The lowest BCUT2D eigenvalue weighted by Gasteiger charge is -2.33. The molecule has 3 heterocycles. The molecule has 0 radical (unpaired) electrons. The molecule has 1 aliphatic heterocycles. The molecule has 0 atom stereocenters. The largest absolute Gasteiger partial charge is 0.395 e. The van der Waals surface area contributed by atoms with Gasteiger partial charge in [0.2, 0.25) is 6.41 Å². The second kappa shape index (κ2) is 11.4. The average molecular weight is 577 g/mol. The number of amides is 2. The summed E-state index contributed by atoms with van der Waals surface area (Å²) in [6.07, 6.45) is 1.36. The molecule has 222 valence electrons. The molecular weight excluding hydrogens is 540 g/mol. The number of carbonyl (C=O) groups is 2. The van der Waals surface area contributed by atoms with E-state index in [4.69, 9.17) is 0 Å². The number of aromatic nitrogens is 4. The Kier molecular flexibility index (Phi) is 7.91. The predicted molar refractivity (Wildman–Crippen MR) is 160 cm³/mol. The topological polar surface area (TPSA) is 132 Å². The third kappa shape index (κ3) is 4.65. The van der Waals surface area contributed by atoms with Crippen LogP contribution in [0.3, 0.4) is 0 Å². The monoisotopic (exact) mass is 576 g/mol. The summed E-state index contributed by atoms with van der Waals surface area (Å²) in [5, 5.41) is 10.1. The van der Waals surface area contributed by atoms with Crippen LogP contribution in [0.2, 0.25) is 0 Å². The molecule has 0 bridgehead atoms. The number of aliphatic hydroxyl groups excluding tert-OH is 1. The first-order chi connectivity index (χ1) is 20.2. The Labute approximate surface area is 241 Å². The number of hydrogen-bond acceptors (Lipinski definition) is 6. The van der Waals surface area contributed by atoms with Crippen molar-refractivity contribution in [3.05, 3.63) is 72.8 Å². The number of anilines is 1. The van der Waals surface area contributed by atoms with E-state index < -0.39 is 5.69 Å². The summed E-state index contributed by atoms with van der Waals surface area (Å²) < 4.78 is 5.98. The minimum absolute atomic E-state index is 0.0180. The Hall–Kier alpha value is -4.45. The summed E-state index contributed by atoms with van der Waals surface area (Å²) in [6, 6.07) is 8.37. The number of piperidine rings is 1. The van der Waals surface area contributed by atoms with Crippen LogP contribution in [0.15, 0.2) is 44.7 Å². The first kappa shape index (κ1) is 29.1. The van der Waals surface area contributed by atoms with Crippen molar-refractivity contribution in [2.45, 2.75) is 52.7 Å². The number of likely N-dealkylation sites (tertiary alicyclic amines) is 1. The van der Waals surface area contributed by atoms with E-state index in [1.165, 1.54) is 14.0 Å². The van der Waals surface area contributed by atoms with Gasteiger partial charge >= 0.3 is 11.4 Å². The molecule has 12 heteroatoms. The van der Waals surface area contributed by atoms with E-state index in [-0.39, 0.29) is 41.9 Å². The summed E-state index contributed by atoms with van der Waals surface area (Å²) in [6.45, 7) is 6.68. The SMILES string of the molecule is CCn1c(=O)n(CC)c2cc(N(C=O)CCO)c(C(=O)N3CCC(n4c(=O)c5cc(C)ccc5n(C)c4=O)CC3)cc21. The number of carbonyl (C=O) groups excluding carboxylic acids is 2. The molecule has 0 aliphatic carbocycles. The normalized spacial score (nSPS) is 14.2. The minimum atomic E-state index is -0.391. The molecule has 2 amide bonds. The second-order valence-corrected chi connectivity index (χ2v) is 10.7. The number of imidazole rings is 1. The van der Waals surface area contributed by atoms with Crippen LogP contribution in [-0.2, 0) is 24.9 Å². The smallest absolute Gasteiger partial charge is 0.331 e. The summed E-state index contributed by atoms with van der Waals surface area (Å²) in [5.41, 5.74) is 2.30. The van der Waals surface area contributed by atoms with Gasteiger partial charge in [0.1, 0.15) is 0 Å². The van der Waals surface area contributed by atoms with Crippen LogP contribution >= 0.6 is 0 Å². The van der Waals surface area contributed by atoms with Crippen LogP contribution in [0.5, 0.6) is 0 Å². The van der Waals surface area contributed by atoms with E-state index in [9.17, 15) is 29.1 Å². The number of rotatable bonds is 8. The minimum Gasteiger partial charge on any atom is -0.395 e. The highest BCUT2D eigenvalue weighted by atomic mass is 16.3. The first-order valence-electron chi connectivity index (χ1n) is 14.3. The molecule has 2 aromatic heterocycles. The molecule has 1 N–H and O–H groups in total. The van der Waals surface area contributed by atoms with Crippen LogP contribution in [-0.4, -0.2) is 66.8 Å². The maximum atomic E-state index is 14.0. The van der Waals surface area contributed by atoms with Crippen molar-refractivity contribution in [1.82, 2.24) is 23.2 Å². The van der Waals surface area contributed by atoms with Gasteiger partial charge in [-0.15, -0.1) is 0 Å². The number of aliphatic hydroxyl groups is 1. The van der Waals surface area contributed by atoms with Crippen molar-refractivity contribution < 1.29 is 14.7 Å². The zero-order valence-electron chi connectivity index (χ0n) is 24.4. The van der Waals surface area contributed by atoms with Crippen molar-refractivity contribution in [2.75, 3.05) is 31.1 Å². The number of nitrogens with zero attached hydrogens (tertiary/aromatic N) is 6. The second-order valence-electron chi connectivity index (χ2n) is 10.7. The molecule has 1 saturated heterocycles. The number of benzene rings is 2. The highest BCUT2D eigenvalue weighted by Gasteiger charge is 2.30. The molecule has 1 fully saturated rings. The molecule has 1 aliphatic rings. The van der Waals surface area contributed by atoms with Crippen LogP contribution in [0, 0.1) is 6.92 Å². The predicted octanol–water partition coefficient (Wildman–Crippen LogP) is 1.60. The van der Waals surface area contributed by atoms with Gasteiger partial charge in [0.25, 0.3) is 11.5 Å². The Morgan fingerprint density at radius 2 is 1.62 bits per heavy atom. The number of aryl methyl sites for hydroxylation is 4. The molecule has 12 nitrogen and oxygen atoms in total. The fraction of sp³-hybridized carbons (Fsp3) is 0.433. The number of hydrogen-bond donors (Lipinski definition) is 1. The van der Waals surface area contributed by atoms with Gasteiger partial charge in [-0.05, 0) is 57.9 Å². The summed E-state index contributed by atoms with van der Waals surface area (Å²) >= 11 is 0. The lowest BCUT2D eigenvalue weighted by Crippen LogP contribution is -2.46. The molecule has 5 rings (SSSR count). The fourth-order valence-corrected chi connectivity index (χ4v) is 6.12. The van der Waals surface area contributed by atoms with Gasteiger partial charge in [0, 0.05) is 45.8 Å². The van der Waals surface area contributed by atoms with Crippen LogP contribution in [0.25, 0.3) is 21.9 Å². The van der Waals surface area contributed by atoms with E-state index in [0.29, 0.717) is 73.1 Å². The highest BCUT2D eigenvalue weighted by molar-refractivity contribution is 6.05. The zero-order valence-corrected chi connectivity index (χ0v) is 24.4. The Morgan fingerprint density at radius 3 is 2.21 bits per heavy atom. The maximum Gasteiger partial charge on any atom is 0.331 e. The Morgan fingerprint density at radius 1 is 0.976 bits per heavy atom. The lowest BCUT2D eigenvalue weighted by atomic mass is 10.0. The third-order valence-corrected chi connectivity index (χ3v) is 8.35. The van der Waals surface area contributed by atoms with Gasteiger partial charge in [0.15, 0.2) is 0 Å². The summed E-state index contributed by atoms with van der Waals surface area (Å²) in [5.74, 6) is -0.330. The van der Waals surface area contributed by atoms with Gasteiger partial charge in [-0.3, -0.25) is 32.7 Å². The van der Waals surface area contributed by atoms with Crippen LogP contribution in [0.1, 0.15) is 48.7 Å². The highest BCUT2D eigenvalue weighted by Crippen LogP contribution is 2.30. The van der Waals surface area contributed by atoms with Gasteiger partial charge in [-0.1, -0.05) is 11.6 Å². The fourth-order valence-electron chi connectivity index (χ4n) is 6.12. The Bertz CT molecular complexity index is 1870. The molecule has 0 spiro atoms. The molecule has 42 heavy (non-hydrogen) atoms. The van der Waals surface area contributed by atoms with E-state index in [1.807, 2.05) is 26.8 Å². The van der Waals surface area contributed by atoms with Crippen molar-refractivity contribution in [1.29, 1.82) is 0 Å². The molecule has 0 unspecified atom stereocenters. The molecular formula is C30H36N6O6. The maximum absolute atomic E-state index is 14.0. The van der Waals surface area contributed by atoms with Crippen molar-refractivity contribution in [3.8, 4) is 0 Å². The van der Waals surface area contributed by atoms with Gasteiger partial charge < -0.3 is 14.9 Å². The van der Waals surface area contributed by atoms with Crippen molar-refractivity contribution in [2.24, 2.45) is 7.05 Å². The van der Waals surface area contributed by atoms with E-state index in [1.54, 1.807) is 45.3 Å². The van der Waals surface area contributed by atoms with Crippen molar-refractivity contribution in [3.63, 3.8) is 0 Å². The quantitative estimate of drug-likeness (QED) is 0.317. The number of fused-ring (bicyclic) bond motifs is 2. The van der Waals surface area contributed by atoms with Gasteiger partial charge in [-0.25, -0.2) is 9.59 Å². The van der Waals surface area contributed by atoms with Crippen LogP contribution in [0.4, 0.5) is 5.69 Å². The first-order valence-corrected chi connectivity index (χ1v) is 14.3. The zero-order chi connectivity index (χ0) is 30.3. The van der Waals surface area contributed by atoms with Crippen LogP contribution < -0.4 is 21.8 Å². The van der Waals surface area contributed by atoms with E-state index in [0.717, 1.165) is 5.56 Å². The molecule has 4 aromatic rings. The molecule has 2 aromatic carbocycles. The summed E-state index contributed by atoms with van der Waals surface area (Å²) in [7, 11) is 1.65. The summed E-state index contributed by atoms with van der Waals surface area (Å²) in [4.78, 5) is 68.6. The Balaban J connectivity index is 1.52. The van der Waals surface area contributed by atoms with Gasteiger partial charge in [0.05, 0.1) is 39.8 Å². The van der Waals surface area contributed by atoms with E-state index in [2.05, 4.69) is 0 Å². The lowest BCUT2D eigenvalue weighted by molar-refractivity contribution is -0.107. The average Bonchev–Trinajstić information content (AvgIpc) is 3.27. The standard InChI is InChI=1S/C30H36N6O6/c1-5-34-25-16-22(24(33(18-38)13-14-37)17-26(25)35(6-2)30(34)42)27(39)32-11-9-20(10-12-32)36-28(40)21-15-19(3)7-8-23(21)31(4)29(36)41/h7-8,15-18,20,37H,5-6,9-14H2,1-4H3.